The van der Waals surface area contributed by atoms with Gasteiger partial charge in [0.25, 0.3) is 5.91 Å². The zero-order valence-corrected chi connectivity index (χ0v) is 13.8. The average molecular weight is 311 g/mol. The first kappa shape index (κ1) is 17.7. The van der Waals surface area contributed by atoms with Gasteiger partial charge in [0.2, 0.25) is 0 Å². The lowest BCUT2D eigenvalue weighted by atomic mass is 9.88. The van der Waals surface area contributed by atoms with Crippen LogP contribution in [0.4, 0.5) is 0 Å². The Labute approximate surface area is 130 Å². The van der Waals surface area contributed by atoms with Crippen molar-refractivity contribution in [2.75, 3.05) is 6.54 Å². The molecule has 21 heavy (non-hydrogen) atoms. The molecular formula is C16H25NO3S. The van der Waals surface area contributed by atoms with Crippen LogP contribution in [-0.4, -0.2) is 23.5 Å². The number of carboxylic acid groups (broad SMARTS) is 1. The fourth-order valence-electron chi connectivity index (χ4n) is 2.38. The Morgan fingerprint density at radius 1 is 1.33 bits per heavy atom. The largest absolute Gasteiger partial charge is 0.481 e. The summed E-state index contributed by atoms with van der Waals surface area (Å²) < 4.78 is 0. The van der Waals surface area contributed by atoms with Gasteiger partial charge in [-0.15, -0.1) is 11.3 Å². The molecule has 118 valence electrons. The highest BCUT2D eigenvalue weighted by Gasteiger charge is 2.16. The summed E-state index contributed by atoms with van der Waals surface area (Å²) in [5.41, 5.74) is 1.09. The van der Waals surface area contributed by atoms with Crippen molar-refractivity contribution in [2.45, 2.75) is 46.5 Å². The molecule has 1 unspecified atom stereocenters. The lowest BCUT2D eigenvalue weighted by Gasteiger charge is -2.20. The minimum Gasteiger partial charge on any atom is -0.481 e. The predicted molar refractivity (Wildman–Crippen MR) is 85.8 cm³/mol. The molecule has 1 atom stereocenters. The van der Waals surface area contributed by atoms with Crippen molar-refractivity contribution in [1.29, 1.82) is 0 Å². The molecule has 0 aliphatic carbocycles. The van der Waals surface area contributed by atoms with E-state index in [1.165, 1.54) is 11.3 Å². The third-order valence-corrected chi connectivity index (χ3v) is 4.76. The van der Waals surface area contributed by atoms with E-state index in [1.54, 1.807) is 0 Å². The van der Waals surface area contributed by atoms with Crippen LogP contribution in [-0.2, 0) is 11.2 Å². The Kier molecular flexibility index (Phi) is 7.43. The molecule has 1 amide bonds. The zero-order chi connectivity index (χ0) is 15.8. The Balaban J connectivity index is 2.43. The molecule has 1 rings (SSSR count). The van der Waals surface area contributed by atoms with Crippen LogP contribution in [0.1, 0.15) is 55.3 Å². The number of nitrogens with one attached hydrogen (secondary N) is 1. The predicted octanol–water partition coefficient (Wildman–Crippen LogP) is 3.57. The highest BCUT2D eigenvalue weighted by molar-refractivity contribution is 7.12. The summed E-state index contributed by atoms with van der Waals surface area (Å²) in [4.78, 5) is 23.6. The molecule has 0 radical (unpaired) electrons. The van der Waals surface area contributed by atoms with Gasteiger partial charge in [0.1, 0.15) is 0 Å². The van der Waals surface area contributed by atoms with E-state index in [9.17, 15) is 9.59 Å². The van der Waals surface area contributed by atoms with Crippen LogP contribution in [0.3, 0.4) is 0 Å². The molecule has 1 aromatic heterocycles. The van der Waals surface area contributed by atoms with Gasteiger partial charge >= 0.3 is 5.97 Å². The minimum atomic E-state index is -0.754. The van der Waals surface area contributed by atoms with Crippen LogP contribution in [0.2, 0.25) is 0 Å². The molecule has 1 heterocycles. The van der Waals surface area contributed by atoms with E-state index in [0.717, 1.165) is 23.3 Å². The van der Waals surface area contributed by atoms with Crippen molar-refractivity contribution in [1.82, 2.24) is 5.32 Å². The third-order valence-electron chi connectivity index (χ3n) is 3.81. The summed E-state index contributed by atoms with van der Waals surface area (Å²) in [6, 6.07) is 1.99. The van der Waals surface area contributed by atoms with E-state index >= 15 is 0 Å². The number of thiophene rings is 1. The molecule has 0 fully saturated rings. The number of aryl methyl sites for hydroxylation is 1. The number of hydrogen-bond donors (Lipinski definition) is 2. The first-order chi connectivity index (χ1) is 9.95. The van der Waals surface area contributed by atoms with Gasteiger partial charge in [-0.25, -0.2) is 0 Å². The lowest BCUT2D eigenvalue weighted by molar-refractivity contribution is -0.137. The normalized spacial score (nSPS) is 12.4. The molecule has 0 spiro atoms. The van der Waals surface area contributed by atoms with Crippen LogP contribution in [0.15, 0.2) is 11.4 Å². The minimum absolute atomic E-state index is 0.0115. The standard InChI is InChI=1S/C16H25NO3S/c1-4-12-8-10-21-15(12)16(20)17-9-7-13(11(2)3)5-6-14(18)19/h8,10-11,13H,4-7,9H2,1-3H3,(H,17,20)(H,18,19). The fourth-order valence-corrected chi connectivity index (χ4v) is 3.30. The second-order valence-electron chi connectivity index (χ2n) is 5.61. The van der Waals surface area contributed by atoms with E-state index in [0.29, 0.717) is 24.8 Å². The van der Waals surface area contributed by atoms with E-state index < -0.39 is 5.97 Å². The molecule has 0 aliphatic heterocycles. The molecule has 2 N–H and O–H groups in total. The number of carbonyl (C=O) groups excluding carboxylic acids is 1. The summed E-state index contributed by atoms with van der Waals surface area (Å²) >= 11 is 1.47. The van der Waals surface area contributed by atoms with Crippen molar-refractivity contribution in [3.63, 3.8) is 0 Å². The maximum Gasteiger partial charge on any atom is 0.303 e. The first-order valence-electron chi connectivity index (χ1n) is 7.52. The van der Waals surface area contributed by atoms with Gasteiger partial charge in [0, 0.05) is 13.0 Å². The second kappa shape index (κ2) is 8.82. The Bertz CT molecular complexity index is 468. The Morgan fingerprint density at radius 3 is 2.62 bits per heavy atom. The van der Waals surface area contributed by atoms with Gasteiger partial charge in [-0.1, -0.05) is 20.8 Å². The van der Waals surface area contributed by atoms with Gasteiger partial charge < -0.3 is 10.4 Å². The average Bonchev–Trinajstić information content (AvgIpc) is 2.90. The highest BCUT2D eigenvalue weighted by atomic mass is 32.1. The van der Waals surface area contributed by atoms with E-state index in [1.807, 2.05) is 18.4 Å². The maximum atomic E-state index is 12.1. The highest BCUT2D eigenvalue weighted by Crippen LogP contribution is 2.21. The Morgan fingerprint density at radius 2 is 2.05 bits per heavy atom. The number of rotatable bonds is 9. The Hall–Kier alpha value is -1.36. The van der Waals surface area contributed by atoms with Crippen molar-refractivity contribution in [3.05, 3.63) is 21.9 Å². The molecule has 0 bridgehead atoms. The molecule has 4 nitrogen and oxygen atoms in total. The summed E-state index contributed by atoms with van der Waals surface area (Å²) in [6.07, 6.45) is 2.55. The lowest BCUT2D eigenvalue weighted by Crippen LogP contribution is -2.27. The van der Waals surface area contributed by atoms with Gasteiger partial charge in [-0.05, 0) is 48.1 Å². The van der Waals surface area contributed by atoms with Gasteiger partial charge in [-0.3, -0.25) is 9.59 Å². The van der Waals surface area contributed by atoms with Crippen LogP contribution < -0.4 is 5.32 Å². The quantitative estimate of drug-likeness (QED) is 0.732. The molecule has 0 aliphatic rings. The zero-order valence-electron chi connectivity index (χ0n) is 13.0. The van der Waals surface area contributed by atoms with Gasteiger partial charge in [-0.2, -0.15) is 0 Å². The summed E-state index contributed by atoms with van der Waals surface area (Å²) in [6.45, 7) is 6.84. The van der Waals surface area contributed by atoms with E-state index in [4.69, 9.17) is 5.11 Å². The van der Waals surface area contributed by atoms with Gasteiger partial charge in [0.05, 0.1) is 4.88 Å². The molecule has 0 saturated heterocycles. The monoisotopic (exact) mass is 311 g/mol. The topological polar surface area (TPSA) is 66.4 Å². The van der Waals surface area contributed by atoms with Crippen molar-refractivity contribution in [3.8, 4) is 0 Å². The smallest absolute Gasteiger partial charge is 0.303 e. The molecular weight excluding hydrogens is 286 g/mol. The van der Waals surface area contributed by atoms with Crippen molar-refractivity contribution in [2.24, 2.45) is 11.8 Å². The van der Waals surface area contributed by atoms with E-state index in [-0.39, 0.29) is 12.3 Å². The fraction of sp³-hybridized carbons (Fsp3) is 0.625. The number of hydrogen-bond acceptors (Lipinski definition) is 3. The summed E-state index contributed by atoms with van der Waals surface area (Å²) in [7, 11) is 0. The number of carbonyl (C=O) groups is 2. The number of aliphatic carboxylic acids is 1. The van der Waals surface area contributed by atoms with E-state index in [2.05, 4.69) is 19.2 Å². The molecule has 1 aromatic rings. The number of amides is 1. The molecule has 0 aromatic carbocycles. The van der Waals surface area contributed by atoms with Crippen molar-refractivity contribution < 1.29 is 14.7 Å². The number of carboxylic acids is 1. The second-order valence-corrected chi connectivity index (χ2v) is 6.53. The summed E-state index contributed by atoms with van der Waals surface area (Å²) in [5, 5.41) is 13.7. The SMILES string of the molecule is CCc1ccsc1C(=O)NCCC(CCC(=O)O)C(C)C. The maximum absolute atomic E-state index is 12.1. The van der Waals surface area contributed by atoms with Crippen molar-refractivity contribution >= 4 is 23.2 Å². The van der Waals surface area contributed by atoms with Gasteiger partial charge in [0.15, 0.2) is 0 Å². The van der Waals surface area contributed by atoms with Crippen LogP contribution >= 0.6 is 11.3 Å². The van der Waals surface area contributed by atoms with Crippen LogP contribution in [0.25, 0.3) is 0 Å². The summed E-state index contributed by atoms with van der Waals surface area (Å²) in [5.74, 6) is -0.0111. The first-order valence-corrected chi connectivity index (χ1v) is 8.40. The third kappa shape index (κ3) is 5.87. The molecule has 0 saturated carbocycles. The molecule has 5 heteroatoms. The van der Waals surface area contributed by atoms with Crippen LogP contribution in [0.5, 0.6) is 0 Å². The van der Waals surface area contributed by atoms with Crippen LogP contribution in [0, 0.1) is 11.8 Å².